The summed E-state index contributed by atoms with van der Waals surface area (Å²) in [6.45, 7) is 2.07. The van der Waals surface area contributed by atoms with E-state index in [4.69, 9.17) is 12.2 Å². The van der Waals surface area contributed by atoms with Crippen LogP contribution in [0.2, 0.25) is 0 Å². The molecule has 0 radical (unpaired) electrons. The molecule has 0 aromatic carbocycles. The zero-order chi connectivity index (χ0) is 9.26. The van der Waals surface area contributed by atoms with E-state index in [1.165, 1.54) is 5.57 Å². The second-order valence-electron chi connectivity index (χ2n) is 3.07. The highest BCUT2D eigenvalue weighted by atomic mass is 32.1. The van der Waals surface area contributed by atoms with Crippen LogP contribution in [0.3, 0.4) is 0 Å². The molecule has 1 heterocycles. The normalized spacial score (nSPS) is 21.6. The molecule has 1 aromatic heterocycles. The highest BCUT2D eigenvalue weighted by molar-refractivity contribution is 7.71. The second-order valence-corrected chi connectivity index (χ2v) is 3.43. The third-order valence-corrected chi connectivity index (χ3v) is 2.32. The van der Waals surface area contributed by atoms with Crippen LogP contribution in [-0.4, -0.2) is 20.2 Å². The maximum absolute atomic E-state index is 5.01. The van der Waals surface area contributed by atoms with E-state index < -0.39 is 0 Å². The van der Waals surface area contributed by atoms with Crippen LogP contribution in [0.25, 0.3) is 0 Å². The molecule has 4 nitrogen and oxygen atoms in total. The van der Waals surface area contributed by atoms with Crippen molar-refractivity contribution in [3.63, 3.8) is 0 Å². The Morgan fingerprint density at radius 1 is 1.69 bits per heavy atom. The van der Waals surface area contributed by atoms with Crippen LogP contribution in [0.4, 0.5) is 0 Å². The maximum Gasteiger partial charge on any atom is 0.238 e. The molecular weight excluding hydrogens is 184 g/mol. The molecule has 68 valence electrons. The van der Waals surface area contributed by atoms with Crippen molar-refractivity contribution in [2.45, 2.75) is 19.4 Å². The summed E-state index contributed by atoms with van der Waals surface area (Å²) in [4.78, 5) is 0. The second kappa shape index (κ2) is 3.26. The maximum atomic E-state index is 5.01. The summed E-state index contributed by atoms with van der Waals surface area (Å²) in [5.74, 6) is 0. The lowest BCUT2D eigenvalue weighted by atomic mass is 10.0. The predicted octanol–water partition coefficient (Wildman–Crippen LogP) is 1.78. The average molecular weight is 194 g/mol. The number of nitrogens with one attached hydrogen (secondary N) is 1. The first-order valence-electron chi connectivity index (χ1n) is 4.12. The van der Waals surface area contributed by atoms with E-state index in [-0.39, 0.29) is 6.04 Å². The van der Waals surface area contributed by atoms with Gasteiger partial charge in [0.2, 0.25) is 4.77 Å². The third-order valence-electron chi connectivity index (χ3n) is 2.04. The zero-order valence-electron chi connectivity index (χ0n) is 7.27. The van der Waals surface area contributed by atoms with Gasteiger partial charge in [0, 0.05) is 0 Å². The number of nitrogens with zero attached hydrogens (tertiary/aromatic N) is 3. The molecule has 1 aliphatic rings. The summed E-state index contributed by atoms with van der Waals surface area (Å²) in [7, 11) is 0. The smallest absolute Gasteiger partial charge is 0.235 e. The molecule has 0 amide bonds. The highest BCUT2D eigenvalue weighted by Gasteiger charge is 2.10. The third kappa shape index (κ3) is 1.60. The fraction of sp³-hybridized carbons (Fsp3) is 0.375. The topological polar surface area (TPSA) is 46.5 Å². The number of aromatic amines is 1. The van der Waals surface area contributed by atoms with Gasteiger partial charge in [0.1, 0.15) is 0 Å². The van der Waals surface area contributed by atoms with Crippen LogP contribution in [0, 0.1) is 4.77 Å². The van der Waals surface area contributed by atoms with Gasteiger partial charge in [0.15, 0.2) is 0 Å². The predicted molar refractivity (Wildman–Crippen MR) is 51.8 cm³/mol. The van der Waals surface area contributed by atoms with Gasteiger partial charge in [0.25, 0.3) is 0 Å². The Morgan fingerprint density at radius 2 is 2.54 bits per heavy atom. The van der Waals surface area contributed by atoms with Crippen LogP contribution in [0.5, 0.6) is 0 Å². The Bertz CT molecular complexity index is 412. The number of rotatable bonds is 1. The van der Waals surface area contributed by atoms with E-state index in [9.17, 15) is 0 Å². The lowest BCUT2D eigenvalue weighted by Gasteiger charge is -2.14. The van der Waals surface area contributed by atoms with E-state index in [0.717, 1.165) is 6.42 Å². The molecule has 0 saturated heterocycles. The molecule has 0 bridgehead atoms. The molecule has 1 unspecified atom stereocenters. The van der Waals surface area contributed by atoms with Gasteiger partial charge in [-0.05, 0) is 25.6 Å². The Hall–Kier alpha value is -1.23. The summed E-state index contributed by atoms with van der Waals surface area (Å²) in [6.07, 6.45) is 7.32. The minimum absolute atomic E-state index is 0.243. The summed E-state index contributed by atoms with van der Waals surface area (Å²) in [5, 5.41) is 10.2. The quantitative estimate of drug-likeness (QED) is 0.693. The monoisotopic (exact) mass is 194 g/mol. The van der Waals surface area contributed by atoms with Crippen molar-refractivity contribution in [1.29, 1.82) is 0 Å². The number of aromatic nitrogens is 4. The van der Waals surface area contributed by atoms with E-state index in [1.54, 1.807) is 4.68 Å². The molecule has 13 heavy (non-hydrogen) atoms. The minimum atomic E-state index is 0.243. The lowest BCUT2D eigenvalue weighted by molar-refractivity contribution is 0.514. The van der Waals surface area contributed by atoms with E-state index in [2.05, 4.69) is 40.7 Å². The SMILES string of the molecule is CC1=CC(n2[nH]nnc2=S)CC=C1. The van der Waals surface area contributed by atoms with Crippen molar-refractivity contribution in [2.24, 2.45) is 0 Å². The lowest BCUT2D eigenvalue weighted by Crippen LogP contribution is -2.10. The summed E-state index contributed by atoms with van der Waals surface area (Å²) in [5.41, 5.74) is 1.24. The standard InChI is InChI=1S/C8H10N4S/c1-6-3-2-4-7(5-6)12-8(13)9-10-11-12/h2-3,5,7H,4H2,1H3,(H,9,11,13). The largest absolute Gasteiger partial charge is 0.238 e. The Morgan fingerprint density at radius 3 is 3.15 bits per heavy atom. The van der Waals surface area contributed by atoms with Crippen molar-refractivity contribution in [1.82, 2.24) is 20.2 Å². The van der Waals surface area contributed by atoms with E-state index in [0.29, 0.717) is 4.77 Å². The summed E-state index contributed by atoms with van der Waals surface area (Å²) < 4.78 is 2.30. The Balaban J connectivity index is 2.34. The van der Waals surface area contributed by atoms with Gasteiger partial charge in [-0.25, -0.2) is 4.68 Å². The van der Waals surface area contributed by atoms with Crippen molar-refractivity contribution in [3.8, 4) is 0 Å². The first-order chi connectivity index (χ1) is 6.27. The fourth-order valence-corrected chi connectivity index (χ4v) is 1.64. The molecule has 1 aliphatic carbocycles. The van der Waals surface area contributed by atoms with Gasteiger partial charge >= 0.3 is 0 Å². The van der Waals surface area contributed by atoms with E-state index in [1.807, 2.05) is 0 Å². The van der Waals surface area contributed by atoms with Crippen LogP contribution in [0.1, 0.15) is 19.4 Å². The number of allylic oxidation sites excluding steroid dienone is 4. The Kier molecular flexibility index (Phi) is 2.10. The number of hydrogen-bond donors (Lipinski definition) is 1. The zero-order valence-corrected chi connectivity index (χ0v) is 8.08. The molecule has 0 spiro atoms. The van der Waals surface area contributed by atoms with Gasteiger partial charge in [-0.15, -0.1) is 0 Å². The number of hydrogen-bond acceptors (Lipinski definition) is 3. The van der Waals surface area contributed by atoms with Gasteiger partial charge in [-0.3, -0.25) is 0 Å². The molecule has 5 heteroatoms. The Labute approximate surface area is 80.9 Å². The van der Waals surface area contributed by atoms with Crippen LogP contribution in [0.15, 0.2) is 23.8 Å². The summed E-state index contributed by atoms with van der Waals surface area (Å²) in [6, 6.07) is 0.243. The molecule has 1 N–H and O–H groups in total. The van der Waals surface area contributed by atoms with Gasteiger partial charge < -0.3 is 0 Å². The van der Waals surface area contributed by atoms with Crippen molar-refractivity contribution < 1.29 is 0 Å². The first kappa shape index (κ1) is 8.37. The van der Waals surface area contributed by atoms with Gasteiger partial charge in [-0.2, -0.15) is 5.21 Å². The molecule has 2 rings (SSSR count). The molecule has 0 saturated carbocycles. The van der Waals surface area contributed by atoms with Gasteiger partial charge in [-0.1, -0.05) is 34.1 Å². The highest BCUT2D eigenvalue weighted by Crippen LogP contribution is 2.19. The van der Waals surface area contributed by atoms with E-state index >= 15 is 0 Å². The van der Waals surface area contributed by atoms with Crippen molar-refractivity contribution in [3.05, 3.63) is 28.6 Å². The molecule has 1 aromatic rings. The molecule has 0 fully saturated rings. The van der Waals surface area contributed by atoms with Crippen molar-refractivity contribution >= 4 is 12.2 Å². The van der Waals surface area contributed by atoms with Crippen molar-refractivity contribution in [2.75, 3.05) is 0 Å². The van der Waals surface area contributed by atoms with Crippen LogP contribution >= 0.6 is 12.2 Å². The minimum Gasteiger partial charge on any atom is -0.235 e. The molecule has 1 atom stereocenters. The van der Waals surface area contributed by atoms with Gasteiger partial charge in [0.05, 0.1) is 6.04 Å². The molecular formula is C8H10N4S. The summed E-state index contributed by atoms with van der Waals surface area (Å²) >= 11 is 5.01. The first-order valence-corrected chi connectivity index (χ1v) is 4.53. The number of tetrazole rings is 1. The average Bonchev–Trinajstić information content (AvgIpc) is 2.51. The van der Waals surface area contributed by atoms with Crippen LogP contribution < -0.4 is 0 Å². The number of H-pyrrole nitrogens is 1. The molecule has 0 aliphatic heterocycles. The van der Waals surface area contributed by atoms with Crippen LogP contribution in [-0.2, 0) is 0 Å². The fourth-order valence-electron chi connectivity index (χ4n) is 1.42.